The van der Waals surface area contributed by atoms with Crippen LogP contribution in [0.1, 0.15) is 117 Å². The zero-order valence-electron chi connectivity index (χ0n) is 43.0. The molecule has 12 nitrogen and oxygen atoms in total. The van der Waals surface area contributed by atoms with Crippen LogP contribution in [0, 0.1) is 11.8 Å². The molecule has 1 aliphatic heterocycles. The highest BCUT2D eigenvalue weighted by Crippen LogP contribution is 2.36. The van der Waals surface area contributed by atoms with Crippen molar-refractivity contribution in [2.45, 2.75) is 139 Å². The Kier molecular flexibility index (Phi) is 15.5. The molecule has 0 spiro atoms. The zero-order valence-corrected chi connectivity index (χ0v) is 46.2. The van der Waals surface area contributed by atoms with Gasteiger partial charge in [0.2, 0.25) is 0 Å². The van der Waals surface area contributed by atoms with Gasteiger partial charge in [0.15, 0.2) is 0 Å². The topological polar surface area (TPSA) is 117 Å². The Morgan fingerprint density at radius 2 is 0.943 bits per heavy atom. The van der Waals surface area contributed by atoms with Crippen molar-refractivity contribution in [1.82, 2.24) is 24.0 Å². The number of benzene rings is 4. The fourth-order valence-corrected chi connectivity index (χ4v) is 13.1. The number of sulfonamides is 2. The average Bonchev–Trinajstić information content (AvgIpc) is 3.90. The molecule has 0 amide bonds. The fraction of sp³-hybridized carbons (Fsp3) is 0.527. The standard InChI is InChI=1S/C30H43N5O2S.C25H32BrN3O2S/c1-30(2,3)29-31-27-21-25(13-16-28(27)35(29)22-23-9-7-6-8-10-23)33(5)38(36,37)26-14-11-24(12-15-26)34-19-17-32(4)18-20-34;1-25(2,3)24-27-22-16-20(28(4)32(30,31)21-13-10-19(26)11-14-21)12-15-23(22)29(24)17-18-8-6-5-7-9-18/h11-16,21,23H,6-10,17-20,22H2,1-5H3;10-16,18H,5-9,17H2,1-4H3. The Balaban J connectivity index is 0.000000191. The van der Waals surface area contributed by atoms with Crippen molar-refractivity contribution in [1.29, 1.82) is 0 Å². The Bertz CT molecular complexity index is 2970. The normalized spacial score (nSPS) is 17.2. The van der Waals surface area contributed by atoms with Crippen LogP contribution < -0.4 is 13.5 Å². The van der Waals surface area contributed by atoms with Crippen LogP contribution in [0.2, 0.25) is 0 Å². The molecule has 0 unspecified atom stereocenters. The zero-order chi connectivity index (χ0) is 50.2. The first-order valence-electron chi connectivity index (χ1n) is 25.4. The van der Waals surface area contributed by atoms with Crippen LogP contribution in [0.4, 0.5) is 17.1 Å². The van der Waals surface area contributed by atoms with Crippen LogP contribution in [0.5, 0.6) is 0 Å². The molecule has 15 heteroatoms. The van der Waals surface area contributed by atoms with Crippen molar-refractivity contribution in [3.8, 4) is 0 Å². The number of hydrogen-bond acceptors (Lipinski definition) is 8. The smallest absolute Gasteiger partial charge is 0.264 e. The van der Waals surface area contributed by atoms with Gasteiger partial charge in [-0.3, -0.25) is 8.61 Å². The monoisotopic (exact) mass is 1050 g/mol. The molecule has 70 heavy (non-hydrogen) atoms. The number of rotatable bonds is 11. The molecular weight excluding hydrogens is 981 g/mol. The Morgan fingerprint density at radius 3 is 1.33 bits per heavy atom. The number of aromatic nitrogens is 4. The predicted octanol–water partition coefficient (Wildman–Crippen LogP) is 12.0. The van der Waals surface area contributed by atoms with Crippen molar-refractivity contribution >= 4 is 75.1 Å². The SMILES string of the molecule is CN(c1ccc2c(c1)nc(C(C)(C)C)n2CC1CCCCC1)S(=O)(=O)c1ccc(Br)cc1.CN1CCN(c2ccc(S(=O)(=O)N(C)c3ccc4c(c3)nc(C(C)(C)C)n4CC3CCCCC3)cc2)CC1. The summed E-state index contributed by atoms with van der Waals surface area (Å²) in [5.74, 6) is 3.50. The lowest BCUT2D eigenvalue weighted by Gasteiger charge is -2.34. The van der Waals surface area contributed by atoms with Gasteiger partial charge < -0.3 is 18.9 Å². The quantitative estimate of drug-likeness (QED) is 0.126. The van der Waals surface area contributed by atoms with Gasteiger partial charge in [-0.15, -0.1) is 0 Å². The summed E-state index contributed by atoms with van der Waals surface area (Å²) < 4.78 is 61.8. The minimum atomic E-state index is -3.70. The third-order valence-electron chi connectivity index (χ3n) is 14.7. The number of fused-ring (bicyclic) bond motifs is 2. The molecule has 0 radical (unpaired) electrons. The van der Waals surface area contributed by atoms with E-state index in [1.807, 2.05) is 42.5 Å². The molecular formula is C55H75BrN8O4S2. The summed E-state index contributed by atoms with van der Waals surface area (Å²) in [4.78, 5) is 15.2. The lowest BCUT2D eigenvalue weighted by Crippen LogP contribution is -2.44. The Hall–Kier alpha value is -4.44. The number of nitrogens with zero attached hydrogens (tertiary/aromatic N) is 8. The van der Waals surface area contributed by atoms with E-state index in [0.29, 0.717) is 28.1 Å². The van der Waals surface area contributed by atoms with Crippen LogP contribution in [0.15, 0.2) is 99.2 Å². The molecule has 1 saturated heterocycles. The van der Waals surface area contributed by atoms with Gasteiger partial charge in [0.25, 0.3) is 20.0 Å². The fourth-order valence-electron chi connectivity index (χ4n) is 10.5. The van der Waals surface area contributed by atoms with E-state index in [1.54, 1.807) is 50.5 Å². The molecule has 0 bridgehead atoms. The molecule has 9 rings (SSSR count). The maximum atomic E-state index is 13.6. The summed E-state index contributed by atoms with van der Waals surface area (Å²) in [5.41, 5.74) is 5.99. The van der Waals surface area contributed by atoms with Crippen LogP contribution in [0.3, 0.4) is 0 Å². The molecule has 3 heterocycles. The second-order valence-electron chi connectivity index (χ2n) is 22.1. The van der Waals surface area contributed by atoms with Crippen molar-refractivity contribution < 1.29 is 16.8 Å². The molecule has 2 saturated carbocycles. The highest BCUT2D eigenvalue weighted by atomic mass is 79.9. The van der Waals surface area contributed by atoms with Crippen LogP contribution in [0.25, 0.3) is 22.1 Å². The largest absolute Gasteiger partial charge is 0.369 e. The maximum Gasteiger partial charge on any atom is 0.264 e. The first kappa shape index (κ1) is 51.9. The minimum Gasteiger partial charge on any atom is -0.369 e. The van der Waals surface area contributed by atoms with E-state index in [-0.39, 0.29) is 15.7 Å². The van der Waals surface area contributed by atoms with Gasteiger partial charge >= 0.3 is 0 Å². The number of halogens is 1. The number of imidazole rings is 2. The number of piperazine rings is 1. The predicted molar refractivity (Wildman–Crippen MR) is 291 cm³/mol. The van der Waals surface area contributed by atoms with E-state index in [0.717, 1.165) is 83.1 Å². The van der Waals surface area contributed by atoms with Crippen LogP contribution >= 0.6 is 15.9 Å². The summed E-state index contributed by atoms with van der Waals surface area (Å²) in [5, 5.41) is 0. The van der Waals surface area contributed by atoms with E-state index in [1.165, 1.54) is 72.8 Å². The van der Waals surface area contributed by atoms with Gasteiger partial charge in [0.05, 0.1) is 43.2 Å². The molecule has 2 aromatic heterocycles. The third-order valence-corrected chi connectivity index (χ3v) is 18.8. The van der Waals surface area contributed by atoms with E-state index in [9.17, 15) is 16.8 Å². The molecule has 0 N–H and O–H groups in total. The highest BCUT2D eigenvalue weighted by molar-refractivity contribution is 9.10. The van der Waals surface area contributed by atoms with E-state index < -0.39 is 20.0 Å². The van der Waals surface area contributed by atoms with Gasteiger partial charge in [-0.1, -0.05) is 96.0 Å². The van der Waals surface area contributed by atoms with Crippen LogP contribution in [-0.4, -0.2) is 88.2 Å². The molecule has 378 valence electrons. The van der Waals surface area contributed by atoms with Crippen molar-refractivity contribution in [2.75, 3.05) is 60.8 Å². The molecule has 3 aliphatic rings. The minimum absolute atomic E-state index is 0.0940. The second kappa shape index (κ2) is 21.0. The lowest BCUT2D eigenvalue weighted by molar-refractivity contribution is 0.313. The van der Waals surface area contributed by atoms with Gasteiger partial charge in [-0.05, 0) is 129 Å². The maximum absolute atomic E-state index is 13.6. The lowest BCUT2D eigenvalue weighted by atomic mass is 9.88. The van der Waals surface area contributed by atoms with Crippen LogP contribution in [-0.2, 0) is 44.0 Å². The summed E-state index contributed by atoms with van der Waals surface area (Å²) in [6.45, 7) is 19.1. The summed E-state index contributed by atoms with van der Waals surface area (Å²) in [6.07, 6.45) is 13.0. The molecule has 6 aromatic rings. The Labute approximate surface area is 426 Å². The summed E-state index contributed by atoms with van der Waals surface area (Å²) >= 11 is 3.36. The van der Waals surface area contributed by atoms with E-state index in [2.05, 4.69) is 89.5 Å². The highest BCUT2D eigenvalue weighted by Gasteiger charge is 2.30. The second-order valence-corrected chi connectivity index (χ2v) is 27.0. The van der Waals surface area contributed by atoms with Crippen molar-refractivity contribution in [2.24, 2.45) is 11.8 Å². The first-order valence-corrected chi connectivity index (χ1v) is 29.1. The molecule has 3 fully saturated rings. The van der Waals surface area contributed by atoms with Gasteiger partial charge in [-0.25, -0.2) is 26.8 Å². The summed E-state index contributed by atoms with van der Waals surface area (Å²) in [6, 6.07) is 25.8. The van der Waals surface area contributed by atoms with E-state index in [4.69, 9.17) is 9.97 Å². The average molecular weight is 1060 g/mol. The van der Waals surface area contributed by atoms with Gasteiger partial charge in [0, 0.05) is 74.4 Å². The van der Waals surface area contributed by atoms with E-state index >= 15 is 0 Å². The number of hydrogen-bond donors (Lipinski definition) is 0. The molecule has 4 aromatic carbocycles. The Morgan fingerprint density at radius 1 is 0.557 bits per heavy atom. The van der Waals surface area contributed by atoms with Gasteiger partial charge in [-0.2, -0.15) is 0 Å². The summed E-state index contributed by atoms with van der Waals surface area (Å²) in [7, 11) is -1.99. The van der Waals surface area contributed by atoms with Crippen molar-refractivity contribution in [3.05, 3.63) is 101 Å². The number of likely N-dealkylation sites (N-methyl/N-ethyl adjacent to an activating group) is 1. The molecule has 2 aliphatic carbocycles. The molecule has 0 atom stereocenters. The first-order chi connectivity index (χ1) is 33.1. The number of anilines is 3. The van der Waals surface area contributed by atoms with Crippen molar-refractivity contribution in [3.63, 3.8) is 0 Å². The third kappa shape index (κ3) is 11.4. The van der Waals surface area contributed by atoms with Gasteiger partial charge in [0.1, 0.15) is 11.6 Å².